The number of carbonyl (C=O) groups excluding carboxylic acids is 2. The number of rotatable bonds is 4. The van der Waals surface area contributed by atoms with Crippen molar-refractivity contribution in [2.24, 2.45) is 5.73 Å². The number of benzene rings is 1. The minimum atomic E-state index is -0.652. The average molecular weight is 287 g/mol. The molecule has 2 rings (SSSR count). The number of nitrogen functional groups attached to an aromatic ring is 1. The molecule has 0 bridgehead atoms. The number of nitrogens with zero attached hydrogens (tertiary/aromatic N) is 1. The zero-order valence-corrected chi connectivity index (χ0v) is 11.2. The molecule has 0 radical (unpaired) electrons. The number of pyridine rings is 1. The molecule has 2 aromatic rings. The molecule has 0 unspecified atom stereocenters. The van der Waals surface area contributed by atoms with Gasteiger partial charge in [-0.05, 0) is 18.2 Å². The van der Waals surface area contributed by atoms with Crippen LogP contribution in [0.15, 0.2) is 36.5 Å². The highest BCUT2D eigenvalue weighted by atomic mass is 16.5. The highest BCUT2D eigenvalue weighted by molar-refractivity contribution is 5.96. The van der Waals surface area contributed by atoms with Crippen molar-refractivity contribution in [2.75, 3.05) is 12.8 Å². The molecule has 0 saturated heterocycles. The van der Waals surface area contributed by atoms with Gasteiger partial charge in [-0.25, -0.2) is 9.78 Å². The van der Waals surface area contributed by atoms with Crippen LogP contribution in [0.4, 0.5) is 5.69 Å². The molecule has 7 heteroatoms. The van der Waals surface area contributed by atoms with Gasteiger partial charge in [0, 0.05) is 0 Å². The van der Waals surface area contributed by atoms with Crippen molar-refractivity contribution < 1.29 is 19.1 Å². The summed E-state index contributed by atoms with van der Waals surface area (Å²) < 4.78 is 10.2. The predicted octanol–water partition coefficient (Wildman–Crippen LogP) is 1.34. The van der Waals surface area contributed by atoms with E-state index in [1.54, 1.807) is 18.2 Å². The molecule has 0 saturated carbocycles. The Labute approximate surface area is 120 Å². The maximum atomic E-state index is 11.7. The van der Waals surface area contributed by atoms with Gasteiger partial charge in [-0.3, -0.25) is 4.79 Å². The highest BCUT2D eigenvalue weighted by Gasteiger charge is 2.18. The molecule has 0 spiro atoms. The lowest BCUT2D eigenvalue weighted by molar-refractivity contribution is 0.0597. The fourth-order valence-electron chi connectivity index (χ4n) is 1.67. The number of amides is 1. The first-order valence-electron chi connectivity index (χ1n) is 5.93. The topological polar surface area (TPSA) is 118 Å². The number of anilines is 1. The third-order valence-electron chi connectivity index (χ3n) is 2.64. The Morgan fingerprint density at radius 2 is 1.90 bits per heavy atom. The van der Waals surface area contributed by atoms with Crippen LogP contribution < -0.4 is 16.2 Å². The molecule has 0 aliphatic heterocycles. The normalized spacial score (nSPS) is 9.95. The van der Waals surface area contributed by atoms with Crippen LogP contribution in [0, 0.1) is 0 Å². The lowest BCUT2D eigenvalue weighted by atomic mass is 10.2. The molecule has 1 aromatic carbocycles. The van der Waals surface area contributed by atoms with E-state index in [2.05, 4.69) is 9.72 Å². The van der Waals surface area contributed by atoms with E-state index in [0.717, 1.165) is 0 Å². The van der Waals surface area contributed by atoms with Crippen LogP contribution in [0.1, 0.15) is 20.7 Å². The molecule has 21 heavy (non-hydrogen) atoms. The highest BCUT2D eigenvalue weighted by Crippen LogP contribution is 2.27. The van der Waals surface area contributed by atoms with E-state index >= 15 is 0 Å². The van der Waals surface area contributed by atoms with Gasteiger partial charge in [-0.15, -0.1) is 0 Å². The summed E-state index contributed by atoms with van der Waals surface area (Å²) in [6.45, 7) is 0. The Balaban J connectivity index is 2.45. The Bertz CT molecular complexity index is 700. The van der Waals surface area contributed by atoms with Gasteiger partial charge >= 0.3 is 5.97 Å². The van der Waals surface area contributed by atoms with Crippen molar-refractivity contribution in [2.45, 2.75) is 0 Å². The molecule has 7 nitrogen and oxygen atoms in total. The van der Waals surface area contributed by atoms with Crippen molar-refractivity contribution in [1.82, 2.24) is 4.98 Å². The molecule has 1 heterocycles. The molecule has 1 amide bonds. The van der Waals surface area contributed by atoms with Gasteiger partial charge in [-0.2, -0.15) is 0 Å². The molecule has 108 valence electrons. The van der Waals surface area contributed by atoms with Gasteiger partial charge in [0.1, 0.15) is 11.3 Å². The Kier molecular flexibility index (Phi) is 4.03. The summed E-state index contributed by atoms with van der Waals surface area (Å²) in [5.74, 6) is -1.14. The van der Waals surface area contributed by atoms with Crippen LogP contribution in [0.5, 0.6) is 11.6 Å². The summed E-state index contributed by atoms with van der Waals surface area (Å²) in [6.07, 6.45) is 1.33. The number of carbonyl (C=O) groups is 2. The van der Waals surface area contributed by atoms with Gasteiger partial charge < -0.3 is 20.9 Å². The molecular formula is C14H13N3O4. The van der Waals surface area contributed by atoms with Gasteiger partial charge in [0.05, 0.1) is 24.6 Å². The largest absolute Gasteiger partial charge is 0.465 e. The number of ether oxygens (including phenoxy) is 2. The summed E-state index contributed by atoms with van der Waals surface area (Å²) in [5, 5.41) is 0. The minimum Gasteiger partial charge on any atom is -0.465 e. The van der Waals surface area contributed by atoms with Crippen molar-refractivity contribution in [3.8, 4) is 11.6 Å². The molecule has 0 aliphatic carbocycles. The third kappa shape index (κ3) is 3.08. The van der Waals surface area contributed by atoms with Gasteiger partial charge in [0.25, 0.3) is 5.91 Å². The zero-order valence-electron chi connectivity index (χ0n) is 11.2. The SMILES string of the molecule is COC(=O)c1cc(N)cnc1Oc1ccccc1C(N)=O. The van der Waals surface area contributed by atoms with E-state index in [0.29, 0.717) is 0 Å². The minimum absolute atomic E-state index is 0.0234. The number of para-hydroxylation sites is 1. The first-order chi connectivity index (χ1) is 10.0. The second kappa shape index (κ2) is 5.91. The second-order valence-corrected chi connectivity index (χ2v) is 4.08. The maximum absolute atomic E-state index is 11.7. The Hall–Kier alpha value is -3.09. The van der Waals surface area contributed by atoms with Crippen molar-refractivity contribution in [1.29, 1.82) is 0 Å². The van der Waals surface area contributed by atoms with Crippen molar-refractivity contribution in [3.63, 3.8) is 0 Å². The number of primary amides is 1. The first kappa shape index (κ1) is 14.3. The van der Waals surface area contributed by atoms with Crippen LogP contribution >= 0.6 is 0 Å². The van der Waals surface area contributed by atoms with E-state index in [1.807, 2.05) is 0 Å². The summed E-state index contributed by atoms with van der Waals surface area (Å²) >= 11 is 0. The lowest BCUT2D eigenvalue weighted by Crippen LogP contribution is -2.13. The first-order valence-corrected chi connectivity index (χ1v) is 5.93. The number of hydrogen-bond acceptors (Lipinski definition) is 6. The molecule has 4 N–H and O–H groups in total. The molecular weight excluding hydrogens is 274 g/mol. The zero-order chi connectivity index (χ0) is 15.4. The molecule has 0 aliphatic rings. The van der Waals surface area contributed by atoms with Crippen molar-refractivity contribution >= 4 is 17.6 Å². The summed E-state index contributed by atoms with van der Waals surface area (Å²) in [6, 6.07) is 7.73. The Morgan fingerprint density at radius 3 is 2.57 bits per heavy atom. The van der Waals surface area contributed by atoms with E-state index in [-0.39, 0.29) is 28.4 Å². The number of nitrogens with two attached hydrogens (primary N) is 2. The Morgan fingerprint density at radius 1 is 1.19 bits per heavy atom. The van der Waals surface area contributed by atoms with Gasteiger partial charge in [0.15, 0.2) is 0 Å². The number of aromatic nitrogens is 1. The van der Waals surface area contributed by atoms with Crippen LogP contribution in [0.2, 0.25) is 0 Å². The second-order valence-electron chi connectivity index (χ2n) is 4.08. The summed E-state index contributed by atoms with van der Waals surface area (Å²) in [7, 11) is 1.23. The van der Waals surface area contributed by atoms with Gasteiger partial charge in [0.2, 0.25) is 5.88 Å². The van der Waals surface area contributed by atoms with E-state index in [9.17, 15) is 9.59 Å². The van der Waals surface area contributed by atoms with Crippen molar-refractivity contribution in [3.05, 3.63) is 47.7 Å². The standard InChI is InChI=1S/C14H13N3O4/c1-20-14(19)10-6-8(15)7-17-13(10)21-11-5-3-2-4-9(11)12(16)18/h2-7H,15H2,1H3,(H2,16,18). The lowest BCUT2D eigenvalue weighted by Gasteiger charge is -2.11. The predicted molar refractivity (Wildman–Crippen MR) is 75.0 cm³/mol. The smallest absolute Gasteiger partial charge is 0.343 e. The maximum Gasteiger partial charge on any atom is 0.343 e. The van der Waals surface area contributed by atoms with E-state index in [1.165, 1.54) is 25.4 Å². The molecule has 1 aromatic heterocycles. The average Bonchev–Trinajstić information content (AvgIpc) is 2.48. The van der Waals surface area contributed by atoms with E-state index in [4.69, 9.17) is 16.2 Å². The van der Waals surface area contributed by atoms with Crippen LogP contribution in [0.3, 0.4) is 0 Å². The number of methoxy groups -OCH3 is 1. The molecule has 0 atom stereocenters. The van der Waals surface area contributed by atoms with Crippen LogP contribution in [-0.4, -0.2) is 24.0 Å². The van der Waals surface area contributed by atoms with Crippen LogP contribution in [-0.2, 0) is 4.74 Å². The van der Waals surface area contributed by atoms with Crippen LogP contribution in [0.25, 0.3) is 0 Å². The van der Waals surface area contributed by atoms with Gasteiger partial charge in [-0.1, -0.05) is 12.1 Å². The summed E-state index contributed by atoms with van der Waals surface area (Å²) in [5.41, 5.74) is 11.4. The van der Waals surface area contributed by atoms with E-state index < -0.39 is 11.9 Å². The molecule has 0 fully saturated rings. The fourth-order valence-corrected chi connectivity index (χ4v) is 1.67. The number of esters is 1. The quantitative estimate of drug-likeness (QED) is 0.819. The monoisotopic (exact) mass is 287 g/mol. The summed E-state index contributed by atoms with van der Waals surface area (Å²) in [4.78, 5) is 27.0. The third-order valence-corrected chi connectivity index (χ3v) is 2.64. The number of hydrogen-bond donors (Lipinski definition) is 2. The fraction of sp³-hybridized carbons (Fsp3) is 0.0714.